The van der Waals surface area contributed by atoms with Gasteiger partial charge in [-0.1, -0.05) is 41.9 Å². The van der Waals surface area contributed by atoms with Crippen LogP contribution >= 0.6 is 23.8 Å². The first-order valence-corrected chi connectivity index (χ1v) is 14.2. The normalized spacial score (nSPS) is 14.5. The number of benzene rings is 3. The second-order valence-electron chi connectivity index (χ2n) is 9.36. The predicted molar refractivity (Wildman–Crippen MR) is 167 cm³/mol. The second-order valence-corrected chi connectivity index (χ2v) is 10.2. The van der Waals surface area contributed by atoms with Crippen molar-refractivity contribution < 1.29 is 32.9 Å². The monoisotopic (exact) mass is 640 g/mol. The molecule has 1 aliphatic rings. The summed E-state index contributed by atoms with van der Waals surface area (Å²) in [5, 5.41) is 10.6. The number of ether oxygens (including phenoxy) is 4. The van der Waals surface area contributed by atoms with Crippen molar-refractivity contribution >= 4 is 47.0 Å². The second kappa shape index (κ2) is 15.2. The number of carbonyl (C=O) groups excluding carboxylic acids is 2. The number of hydrogen-bond donors (Lipinski definition) is 3. The molecule has 0 saturated carbocycles. The number of methoxy groups -OCH3 is 1. The number of esters is 1. The number of carbonyl (C=O) groups is 2. The molecule has 0 aromatic heterocycles. The van der Waals surface area contributed by atoms with Crippen LogP contribution in [0.5, 0.6) is 17.2 Å². The highest BCUT2D eigenvalue weighted by Gasteiger charge is 2.32. The Bertz CT molecular complexity index is 1620. The van der Waals surface area contributed by atoms with E-state index in [1.807, 2.05) is 0 Å². The van der Waals surface area contributed by atoms with E-state index in [0.717, 1.165) is 0 Å². The number of nitrogens with one attached hydrogen (secondary N) is 3. The van der Waals surface area contributed by atoms with Gasteiger partial charge in [0.05, 0.1) is 36.6 Å². The van der Waals surface area contributed by atoms with Gasteiger partial charge < -0.3 is 29.6 Å². The summed E-state index contributed by atoms with van der Waals surface area (Å²) in [4.78, 5) is 25.3. The van der Waals surface area contributed by atoms with Gasteiger partial charge in [-0.3, -0.25) is 4.79 Å². The van der Waals surface area contributed by atoms with E-state index in [2.05, 4.69) is 21.2 Å². The van der Waals surface area contributed by atoms with Gasteiger partial charge in [0.25, 0.3) is 5.91 Å². The maximum Gasteiger partial charge on any atom is 0.338 e. The summed E-state index contributed by atoms with van der Waals surface area (Å²) < 4.78 is 35.7. The van der Waals surface area contributed by atoms with E-state index in [4.69, 9.17) is 42.8 Å². The zero-order valence-corrected chi connectivity index (χ0v) is 25.7. The van der Waals surface area contributed by atoms with Gasteiger partial charge >= 0.3 is 5.97 Å². The Hall–Kier alpha value is -4.68. The molecule has 3 aromatic carbocycles. The fourth-order valence-corrected chi connectivity index (χ4v) is 4.89. The Morgan fingerprint density at radius 3 is 2.66 bits per heavy atom. The van der Waals surface area contributed by atoms with Crippen molar-refractivity contribution in [2.45, 2.75) is 26.5 Å². The number of rotatable bonds is 12. The number of thiocarbonyl (C=S) groups is 1. The SMILES string of the molecule is CCOC(=O)C1=C(C)NC(=S)N[C@H]1c1ccccc1OCC(=O)NN=Cc1cc(Cl)c(OCc2cccc(F)c2)c(OC)c1. The Labute approximate surface area is 264 Å². The Balaban J connectivity index is 1.40. The molecule has 230 valence electrons. The molecule has 0 fully saturated rings. The molecule has 1 amide bonds. The smallest absolute Gasteiger partial charge is 0.338 e. The first-order valence-electron chi connectivity index (χ1n) is 13.4. The summed E-state index contributed by atoms with van der Waals surface area (Å²) in [6.07, 6.45) is 1.38. The van der Waals surface area contributed by atoms with Gasteiger partial charge in [0.1, 0.15) is 18.2 Å². The Morgan fingerprint density at radius 1 is 1.11 bits per heavy atom. The lowest BCUT2D eigenvalue weighted by molar-refractivity contribution is -0.139. The lowest BCUT2D eigenvalue weighted by atomic mass is 9.95. The summed E-state index contributed by atoms with van der Waals surface area (Å²) in [6.45, 7) is 3.39. The van der Waals surface area contributed by atoms with Gasteiger partial charge in [-0.2, -0.15) is 5.10 Å². The molecule has 13 heteroatoms. The van der Waals surface area contributed by atoms with Crippen LogP contribution in [-0.4, -0.2) is 43.5 Å². The van der Waals surface area contributed by atoms with E-state index in [9.17, 15) is 14.0 Å². The maximum absolute atomic E-state index is 13.5. The third-order valence-corrected chi connectivity index (χ3v) is 6.78. The van der Waals surface area contributed by atoms with Crippen LogP contribution in [0.25, 0.3) is 0 Å². The van der Waals surface area contributed by atoms with Crippen molar-refractivity contribution in [2.24, 2.45) is 5.10 Å². The third kappa shape index (κ3) is 8.23. The zero-order valence-electron chi connectivity index (χ0n) is 24.1. The van der Waals surface area contributed by atoms with Crippen LogP contribution in [0.2, 0.25) is 5.02 Å². The average molecular weight is 641 g/mol. The molecule has 0 aliphatic carbocycles. The fourth-order valence-electron chi connectivity index (χ4n) is 4.35. The number of nitrogens with zero attached hydrogens (tertiary/aromatic N) is 1. The first kappa shape index (κ1) is 32.2. The standard InChI is InChI=1S/C31H30ClFN4O6S/c1-4-41-30(39)27-18(2)35-31(44)36-28(27)22-10-5-6-11-24(22)42-17-26(38)37-34-15-20-13-23(32)29(25(14-20)40-3)43-16-19-8-7-9-21(33)12-19/h5-15,28H,4,16-17H2,1-3H3,(H,37,38)(H2,35,36,44)/t28-/m0/s1. The van der Waals surface area contributed by atoms with Gasteiger partial charge in [-0.15, -0.1) is 0 Å². The lowest BCUT2D eigenvalue weighted by Gasteiger charge is -2.30. The quantitative estimate of drug-likeness (QED) is 0.109. The van der Waals surface area contributed by atoms with E-state index in [-0.39, 0.29) is 36.4 Å². The van der Waals surface area contributed by atoms with Crippen molar-refractivity contribution in [3.63, 3.8) is 0 Å². The molecule has 10 nitrogen and oxygen atoms in total. The number of halogens is 2. The summed E-state index contributed by atoms with van der Waals surface area (Å²) in [6, 6.07) is 15.6. The number of para-hydroxylation sites is 1. The molecule has 3 aromatic rings. The maximum atomic E-state index is 13.5. The zero-order chi connectivity index (χ0) is 31.6. The minimum absolute atomic E-state index is 0.0842. The summed E-state index contributed by atoms with van der Waals surface area (Å²) >= 11 is 11.7. The van der Waals surface area contributed by atoms with E-state index < -0.39 is 17.9 Å². The van der Waals surface area contributed by atoms with Gasteiger partial charge in [-0.25, -0.2) is 14.6 Å². The highest BCUT2D eigenvalue weighted by atomic mass is 35.5. The highest BCUT2D eigenvalue weighted by Crippen LogP contribution is 2.37. The Kier molecular flexibility index (Phi) is 11.1. The lowest BCUT2D eigenvalue weighted by Crippen LogP contribution is -2.45. The van der Waals surface area contributed by atoms with Crippen LogP contribution in [0.3, 0.4) is 0 Å². The highest BCUT2D eigenvalue weighted by molar-refractivity contribution is 7.80. The number of hydrazone groups is 1. The van der Waals surface area contributed by atoms with Crippen molar-refractivity contribution in [2.75, 3.05) is 20.3 Å². The van der Waals surface area contributed by atoms with Crippen LogP contribution in [0.15, 0.2) is 77.0 Å². The van der Waals surface area contributed by atoms with E-state index >= 15 is 0 Å². The molecular formula is C31H30ClFN4O6S. The summed E-state index contributed by atoms with van der Waals surface area (Å²) in [7, 11) is 1.46. The molecule has 4 rings (SSSR count). The molecule has 3 N–H and O–H groups in total. The molecule has 0 spiro atoms. The van der Waals surface area contributed by atoms with Crippen molar-refractivity contribution in [3.05, 3.63) is 99.5 Å². The first-order chi connectivity index (χ1) is 21.2. The van der Waals surface area contributed by atoms with Crippen molar-refractivity contribution in [1.29, 1.82) is 0 Å². The van der Waals surface area contributed by atoms with Crippen LogP contribution < -0.4 is 30.3 Å². The molecule has 0 radical (unpaired) electrons. The Morgan fingerprint density at radius 2 is 1.91 bits per heavy atom. The summed E-state index contributed by atoms with van der Waals surface area (Å²) in [5.41, 5.74) is 5.06. The van der Waals surface area contributed by atoms with Gasteiger partial charge in [-0.05, 0) is 67.5 Å². The summed E-state index contributed by atoms with van der Waals surface area (Å²) in [5.74, 6) is -0.413. The molecule has 0 unspecified atom stereocenters. The molecular weight excluding hydrogens is 611 g/mol. The minimum Gasteiger partial charge on any atom is -0.493 e. The molecule has 1 atom stereocenters. The molecule has 1 heterocycles. The van der Waals surface area contributed by atoms with E-state index in [1.165, 1.54) is 25.5 Å². The van der Waals surface area contributed by atoms with Gasteiger partial charge in [0.15, 0.2) is 23.2 Å². The van der Waals surface area contributed by atoms with E-state index in [1.54, 1.807) is 62.4 Å². The molecule has 1 aliphatic heterocycles. The van der Waals surface area contributed by atoms with Crippen LogP contribution in [-0.2, 0) is 20.9 Å². The predicted octanol–water partition coefficient (Wildman–Crippen LogP) is 4.95. The van der Waals surface area contributed by atoms with Crippen LogP contribution in [0.1, 0.15) is 36.6 Å². The number of allylic oxidation sites excluding steroid dienone is 1. The molecule has 44 heavy (non-hydrogen) atoms. The fraction of sp³-hybridized carbons (Fsp3) is 0.226. The largest absolute Gasteiger partial charge is 0.493 e. The molecule has 0 bridgehead atoms. The van der Waals surface area contributed by atoms with Crippen molar-refractivity contribution in [1.82, 2.24) is 16.1 Å². The van der Waals surface area contributed by atoms with Crippen molar-refractivity contribution in [3.8, 4) is 17.2 Å². The van der Waals surface area contributed by atoms with Gasteiger partial charge in [0.2, 0.25) is 0 Å². The third-order valence-electron chi connectivity index (χ3n) is 6.28. The van der Waals surface area contributed by atoms with Gasteiger partial charge in [0, 0.05) is 11.3 Å². The average Bonchev–Trinajstić information content (AvgIpc) is 2.99. The topological polar surface area (TPSA) is 120 Å². The van der Waals surface area contributed by atoms with Crippen LogP contribution in [0, 0.1) is 5.82 Å². The number of hydrogen-bond acceptors (Lipinski definition) is 8. The van der Waals surface area contributed by atoms with Crippen LogP contribution in [0.4, 0.5) is 4.39 Å². The number of amides is 1. The van der Waals surface area contributed by atoms with E-state index in [0.29, 0.717) is 44.6 Å². The minimum atomic E-state index is -0.652. The molecule has 0 saturated heterocycles.